The summed E-state index contributed by atoms with van der Waals surface area (Å²) in [5.74, 6) is -0.890. The zero-order valence-corrected chi connectivity index (χ0v) is 10.1. The van der Waals surface area contributed by atoms with Gasteiger partial charge in [0.1, 0.15) is 5.75 Å². The molecule has 16 heavy (non-hydrogen) atoms. The molecule has 0 aromatic heterocycles. The van der Waals surface area contributed by atoms with E-state index in [1.165, 1.54) is 6.26 Å². The molecule has 0 aliphatic rings. The lowest BCUT2D eigenvalue weighted by atomic mass is 10.2. The monoisotopic (exact) mass is 241 g/mol. The number of rotatable bonds is 5. The SMILES string of the molecule is Cc1ccc(N[C@@H](C[S+](C)[O-])C(=O)O)cc1. The summed E-state index contributed by atoms with van der Waals surface area (Å²) in [4.78, 5) is 10.9. The molecule has 0 aliphatic heterocycles. The van der Waals surface area contributed by atoms with E-state index in [0.717, 1.165) is 11.3 Å². The van der Waals surface area contributed by atoms with E-state index in [0.29, 0.717) is 0 Å². The van der Waals surface area contributed by atoms with Gasteiger partial charge in [0, 0.05) is 5.69 Å². The second-order valence-corrected chi connectivity index (χ2v) is 5.12. The van der Waals surface area contributed by atoms with Crippen molar-refractivity contribution in [1.29, 1.82) is 0 Å². The molecule has 0 saturated carbocycles. The number of nitrogens with one attached hydrogen (secondary N) is 1. The number of aliphatic carboxylic acids is 1. The van der Waals surface area contributed by atoms with Gasteiger partial charge in [-0.25, -0.2) is 4.79 Å². The van der Waals surface area contributed by atoms with E-state index in [2.05, 4.69) is 5.32 Å². The Morgan fingerprint density at radius 1 is 1.50 bits per heavy atom. The minimum absolute atomic E-state index is 0.100. The number of hydrogen-bond acceptors (Lipinski definition) is 3. The van der Waals surface area contributed by atoms with E-state index in [9.17, 15) is 9.35 Å². The van der Waals surface area contributed by atoms with Gasteiger partial charge < -0.3 is 15.0 Å². The summed E-state index contributed by atoms with van der Waals surface area (Å²) in [5, 5.41) is 11.8. The minimum Gasteiger partial charge on any atom is -0.616 e. The van der Waals surface area contributed by atoms with Gasteiger partial charge in [-0.3, -0.25) is 0 Å². The molecule has 0 fully saturated rings. The van der Waals surface area contributed by atoms with Crippen molar-refractivity contribution >= 4 is 22.8 Å². The van der Waals surface area contributed by atoms with Crippen LogP contribution in [0, 0.1) is 6.92 Å². The van der Waals surface area contributed by atoms with Crippen molar-refractivity contribution in [2.24, 2.45) is 0 Å². The Labute approximate surface area is 97.9 Å². The lowest BCUT2D eigenvalue weighted by Gasteiger charge is -2.16. The summed E-state index contributed by atoms with van der Waals surface area (Å²) < 4.78 is 11.0. The molecule has 1 aromatic carbocycles. The number of carbonyl (C=O) groups is 1. The standard InChI is InChI=1S/C11H15NO3S/c1-8-3-5-9(6-4-8)12-10(11(13)14)7-16(2)15/h3-6,10,12H,7H2,1-2H3,(H,13,14)/t10-,16?/m0/s1. The fourth-order valence-corrected chi connectivity index (χ4v) is 1.96. The van der Waals surface area contributed by atoms with Crippen LogP contribution in [0.1, 0.15) is 5.56 Å². The van der Waals surface area contributed by atoms with E-state index in [1.807, 2.05) is 31.2 Å². The smallest absolute Gasteiger partial charge is 0.331 e. The molecule has 0 spiro atoms. The molecule has 2 atom stereocenters. The molecule has 0 saturated heterocycles. The van der Waals surface area contributed by atoms with Crippen LogP contribution in [0.4, 0.5) is 5.69 Å². The fraction of sp³-hybridized carbons (Fsp3) is 0.364. The van der Waals surface area contributed by atoms with E-state index in [1.54, 1.807) is 0 Å². The normalized spacial score (nSPS) is 14.2. The third-order valence-corrected chi connectivity index (χ3v) is 2.89. The van der Waals surface area contributed by atoms with Crippen LogP contribution in [-0.2, 0) is 16.0 Å². The first kappa shape index (κ1) is 12.9. The second kappa shape index (κ2) is 5.77. The topological polar surface area (TPSA) is 72.4 Å². The van der Waals surface area contributed by atoms with Crippen LogP contribution in [0.3, 0.4) is 0 Å². The molecule has 0 aliphatic carbocycles. The largest absolute Gasteiger partial charge is 0.616 e. The van der Waals surface area contributed by atoms with E-state index >= 15 is 0 Å². The maximum Gasteiger partial charge on any atom is 0.331 e. The third kappa shape index (κ3) is 4.12. The van der Waals surface area contributed by atoms with Gasteiger partial charge in [-0.1, -0.05) is 28.9 Å². The van der Waals surface area contributed by atoms with E-state index < -0.39 is 23.2 Å². The van der Waals surface area contributed by atoms with Crippen molar-refractivity contribution in [3.8, 4) is 0 Å². The highest BCUT2D eigenvalue weighted by atomic mass is 32.2. The quantitative estimate of drug-likeness (QED) is 0.761. The number of hydrogen-bond donors (Lipinski definition) is 2. The predicted octanol–water partition coefficient (Wildman–Crippen LogP) is 1.24. The minimum atomic E-state index is -1.14. The Bertz CT molecular complexity index is 351. The molecule has 0 bridgehead atoms. The van der Waals surface area contributed by atoms with Crippen LogP contribution in [-0.4, -0.2) is 33.7 Å². The molecule has 1 rings (SSSR count). The Morgan fingerprint density at radius 2 is 2.06 bits per heavy atom. The van der Waals surface area contributed by atoms with Gasteiger partial charge in [-0.15, -0.1) is 0 Å². The van der Waals surface area contributed by atoms with Crippen LogP contribution in [0.25, 0.3) is 0 Å². The Balaban J connectivity index is 2.68. The van der Waals surface area contributed by atoms with Crippen molar-refractivity contribution in [2.45, 2.75) is 13.0 Å². The summed E-state index contributed by atoms with van der Waals surface area (Å²) in [6, 6.07) is 6.59. The second-order valence-electron chi connectivity index (χ2n) is 3.64. The van der Waals surface area contributed by atoms with Gasteiger partial charge in [0.15, 0.2) is 6.04 Å². The highest BCUT2D eigenvalue weighted by molar-refractivity contribution is 7.90. The average molecular weight is 241 g/mol. The van der Waals surface area contributed by atoms with Crippen LogP contribution in [0.5, 0.6) is 0 Å². The molecule has 5 heteroatoms. The van der Waals surface area contributed by atoms with Crippen LogP contribution < -0.4 is 5.32 Å². The molecule has 2 N–H and O–H groups in total. The molecule has 88 valence electrons. The van der Waals surface area contributed by atoms with Gasteiger partial charge in [0.2, 0.25) is 0 Å². The summed E-state index contributed by atoms with van der Waals surface area (Å²) in [6.45, 7) is 1.96. The van der Waals surface area contributed by atoms with E-state index in [4.69, 9.17) is 5.11 Å². The van der Waals surface area contributed by atoms with Crippen LogP contribution in [0.15, 0.2) is 24.3 Å². The highest BCUT2D eigenvalue weighted by Crippen LogP contribution is 2.10. The van der Waals surface area contributed by atoms with E-state index in [-0.39, 0.29) is 5.75 Å². The maximum atomic E-state index is 11.0. The molecule has 1 aromatic rings. The Hall–Kier alpha value is -1.20. The molecule has 0 radical (unpaired) electrons. The van der Waals surface area contributed by atoms with Crippen molar-refractivity contribution in [3.05, 3.63) is 29.8 Å². The number of benzene rings is 1. The van der Waals surface area contributed by atoms with Gasteiger partial charge in [0.25, 0.3) is 0 Å². The zero-order chi connectivity index (χ0) is 12.1. The number of carboxylic acid groups (broad SMARTS) is 1. The predicted molar refractivity (Wildman–Crippen MR) is 65.2 cm³/mol. The highest BCUT2D eigenvalue weighted by Gasteiger charge is 2.21. The molecular formula is C11H15NO3S. The number of carboxylic acids is 1. The van der Waals surface area contributed by atoms with Crippen molar-refractivity contribution < 1.29 is 14.5 Å². The molecule has 0 heterocycles. The van der Waals surface area contributed by atoms with Gasteiger partial charge in [0.05, 0.1) is 6.26 Å². The van der Waals surface area contributed by atoms with Crippen molar-refractivity contribution in [1.82, 2.24) is 0 Å². The third-order valence-electron chi connectivity index (χ3n) is 2.09. The van der Waals surface area contributed by atoms with Gasteiger partial charge >= 0.3 is 5.97 Å². The van der Waals surface area contributed by atoms with Crippen molar-refractivity contribution in [2.75, 3.05) is 17.3 Å². The van der Waals surface area contributed by atoms with Crippen LogP contribution >= 0.6 is 0 Å². The lowest BCUT2D eigenvalue weighted by Crippen LogP contribution is -2.35. The lowest BCUT2D eigenvalue weighted by molar-refractivity contribution is -0.137. The number of anilines is 1. The maximum absolute atomic E-state index is 11.0. The summed E-state index contributed by atoms with van der Waals surface area (Å²) in [5.41, 5.74) is 1.83. The first-order chi connectivity index (χ1) is 7.49. The first-order valence-electron chi connectivity index (χ1n) is 4.85. The first-order valence-corrected chi connectivity index (χ1v) is 6.58. The molecule has 0 amide bonds. The Kier molecular flexibility index (Phi) is 4.64. The van der Waals surface area contributed by atoms with Crippen LogP contribution in [0.2, 0.25) is 0 Å². The number of aryl methyl sites for hydroxylation is 1. The van der Waals surface area contributed by atoms with Gasteiger partial charge in [-0.2, -0.15) is 0 Å². The average Bonchev–Trinajstić information content (AvgIpc) is 2.19. The zero-order valence-electron chi connectivity index (χ0n) is 9.27. The van der Waals surface area contributed by atoms with Gasteiger partial charge in [-0.05, 0) is 19.1 Å². The fourth-order valence-electron chi connectivity index (χ4n) is 1.26. The molecular weight excluding hydrogens is 226 g/mol. The summed E-state index contributed by atoms with van der Waals surface area (Å²) >= 11 is -1.14. The molecule has 1 unspecified atom stereocenters. The van der Waals surface area contributed by atoms with Crippen molar-refractivity contribution in [3.63, 3.8) is 0 Å². The summed E-state index contributed by atoms with van der Waals surface area (Å²) in [7, 11) is 0. The molecule has 4 nitrogen and oxygen atoms in total. The Morgan fingerprint density at radius 3 is 2.50 bits per heavy atom. The summed E-state index contributed by atoms with van der Waals surface area (Å²) in [6.07, 6.45) is 1.49.